The van der Waals surface area contributed by atoms with Crippen LogP contribution < -0.4 is 5.11 Å². The zero-order valence-corrected chi connectivity index (χ0v) is 7.44. The van der Waals surface area contributed by atoms with Crippen LogP contribution in [-0.2, 0) is 5.11 Å². The third-order valence-electron chi connectivity index (χ3n) is 2.04. The molecule has 0 unspecified atom stereocenters. The Kier molecular flexibility index (Phi) is 2.11. The fraction of sp³-hybridized carbons (Fsp3) is 0. The van der Waals surface area contributed by atoms with E-state index in [0.29, 0.717) is 5.56 Å². The molecule has 0 N–H and O–H groups in total. The van der Waals surface area contributed by atoms with E-state index in [2.05, 4.69) is 0 Å². The van der Waals surface area contributed by atoms with Gasteiger partial charge in [0.2, 0.25) is 0 Å². The van der Waals surface area contributed by atoms with Gasteiger partial charge in [-0.1, -0.05) is 42.5 Å². The first-order chi connectivity index (χ1) is 6.77. The minimum Gasteiger partial charge on any atom is -0.872 e. The maximum Gasteiger partial charge on any atom is 0.186 e. The second-order valence-electron chi connectivity index (χ2n) is 3.02. The Morgan fingerprint density at radius 1 is 0.929 bits per heavy atom. The first kappa shape index (κ1) is 8.63. The van der Waals surface area contributed by atoms with Gasteiger partial charge in [-0.2, -0.15) is 0 Å². The Labute approximate surface area is 82.1 Å². The lowest BCUT2D eigenvalue weighted by Gasteiger charge is -2.08. The molecule has 1 radical (unpaired) electrons. The van der Waals surface area contributed by atoms with E-state index < -0.39 is 0 Å². The Bertz CT molecular complexity index is 435. The molecule has 2 heteroatoms. The molecule has 0 aliphatic heterocycles. The van der Waals surface area contributed by atoms with Crippen molar-refractivity contribution in [3.05, 3.63) is 48.5 Å². The molecule has 0 spiro atoms. The van der Waals surface area contributed by atoms with Gasteiger partial charge in [0.15, 0.2) is 5.75 Å². The third-order valence-corrected chi connectivity index (χ3v) is 2.04. The minimum atomic E-state index is -0.136. The van der Waals surface area contributed by atoms with Gasteiger partial charge < -0.3 is 5.11 Å². The Balaban J connectivity index is 2.57. The number of benzene rings is 2. The third kappa shape index (κ3) is 1.55. The summed E-state index contributed by atoms with van der Waals surface area (Å²) in [6.45, 7) is 0. The second kappa shape index (κ2) is 3.42. The van der Waals surface area contributed by atoms with Gasteiger partial charge in [-0.3, -0.25) is 5.11 Å². The quantitative estimate of drug-likeness (QED) is 0.671. The monoisotopic (exact) mass is 184 g/mol. The molecular weight excluding hydrogens is 176 g/mol. The van der Waals surface area contributed by atoms with Crippen molar-refractivity contribution >= 4 is 0 Å². The lowest BCUT2D eigenvalue weighted by Crippen LogP contribution is -1.89. The van der Waals surface area contributed by atoms with Crippen molar-refractivity contribution in [2.24, 2.45) is 0 Å². The summed E-state index contributed by atoms with van der Waals surface area (Å²) in [6.07, 6.45) is 0. The summed E-state index contributed by atoms with van der Waals surface area (Å²) in [6, 6.07) is 13.1. The van der Waals surface area contributed by atoms with Gasteiger partial charge in [-0.25, -0.2) is 0 Å². The number of hydrogen-bond acceptors (Lipinski definition) is 1. The molecule has 0 heterocycles. The van der Waals surface area contributed by atoms with Gasteiger partial charge in [0, 0.05) is 5.56 Å². The molecule has 0 saturated carbocycles. The van der Waals surface area contributed by atoms with E-state index in [9.17, 15) is 10.2 Å². The molecule has 0 aromatic heterocycles. The van der Waals surface area contributed by atoms with Gasteiger partial charge in [0.25, 0.3) is 0 Å². The maximum atomic E-state index is 11.4. The van der Waals surface area contributed by atoms with Crippen LogP contribution >= 0.6 is 0 Å². The smallest absolute Gasteiger partial charge is 0.186 e. The fourth-order valence-electron chi connectivity index (χ4n) is 1.35. The molecule has 2 rings (SSSR count). The van der Waals surface area contributed by atoms with Crippen LogP contribution in [0.5, 0.6) is 11.5 Å². The predicted molar refractivity (Wildman–Crippen MR) is 51.5 cm³/mol. The predicted octanol–water partition coefficient (Wildman–Crippen LogP) is 2.57. The van der Waals surface area contributed by atoms with Crippen molar-refractivity contribution in [3.63, 3.8) is 0 Å². The topological polar surface area (TPSA) is 43.0 Å². The van der Waals surface area contributed by atoms with E-state index in [-0.39, 0.29) is 11.5 Å². The van der Waals surface area contributed by atoms with Crippen molar-refractivity contribution in [2.45, 2.75) is 0 Å². The summed E-state index contributed by atoms with van der Waals surface area (Å²) in [5, 5.41) is 22.5. The molecular formula is C12H8O2-. The summed E-state index contributed by atoms with van der Waals surface area (Å²) in [7, 11) is 0. The van der Waals surface area contributed by atoms with Crippen molar-refractivity contribution in [2.75, 3.05) is 0 Å². The molecule has 0 fully saturated rings. The highest BCUT2D eigenvalue weighted by molar-refractivity contribution is 5.71. The van der Waals surface area contributed by atoms with E-state index >= 15 is 0 Å². The molecule has 0 amide bonds. The number of hydrogen-bond donors (Lipinski definition) is 0. The molecule has 0 atom stereocenters. The second-order valence-corrected chi connectivity index (χ2v) is 3.02. The molecule has 0 aliphatic carbocycles. The molecule has 14 heavy (non-hydrogen) atoms. The normalized spacial score (nSPS) is 10.0. The molecule has 0 aliphatic rings. The molecule has 0 bridgehead atoms. The Hall–Kier alpha value is -1.96. The fourth-order valence-corrected chi connectivity index (χ4v) is 1.35. The van der Waals surface area contributed by atoms with Crippen LogP contribution in [0.3, 0.4) is 0 Å². The largest absolute Gasteiger partial charge is 0.872 e. The van der Waals surface area contributed by atoms with Gasteiger partial charge in [0.05, 0.1) is 0 Å². The van der Waals surface area contributed by atoms with Crippen LogP contribution in [0.15, 0.2) is 48.5 Å². The molecule has 0 saturated heterocycles. The van der Waals surface area contributed by atoms with Gasteiger partial charge in [-0.05, 0) is 11.6 Å². The first-order valence-electron chi connectivity index (χ1n) is 4.31. The highest BCUT2D eigenvalue weighted by Gasteiger charge is 2.03. The van der Waals surface area contributed by atoms with E-state index in [0.717, 1.165) is 5.56 Å². The zero-order chi connectivity index (χ0) is 9.97. The summed E-state index contributed by atoms with van der Waals surface area (Å²) in [5.41, 5.74) is 1.26. The van der Waals surface area contributed by atoms with Crippen molar-refractivity contribution in [1.82, 2.24) is 0 Å². The standard InChI is InChI=1S/C12H9O2/c13-10-6-7-12(14)11(8-10)9-4-2-1-3-5-9/h1-8,13H/p-1. The zero-order valence-electron chi connectivity index (χ0n) is 7.44. The van der Waals surface area contributed by atoms with Gasteiger partial charge in [-0.15, -0.1) is 5.75 Å². The summed E-state index contributed by atoms with van der Waals surface area (Å²) in [5.74, 6) is -0.251. The van der Waals surface area contributed by atoms with E-state index in [1.54, 1.807) is 0 Å². The van der Waals surface area contributed by atoms with Crippen LogP contribution in [0.2, 0.25) is 0 Å². The summed E-state index contributed by atoms with van der Waals surface area (Å²) >= 11 is 0. The minimum absolute atomic E-state index is 0.115. The van der Waals surface area contributed by atoms with E-state index in [1.807, 2.05) is 30.3 Å². The highest BCUT2D eigenvalue weighted by Crippen LogP contribution is 2.31. The van der Waals surface area contributed by atoms with Crippen LogP contribution in [0.25, 0.3) is 11.1 Å². The van der Waals surface area contributed by atoms with Gasteiger partial charge >= 0.3 is 0 Å². The van der Waals surface area contributed by atoms with Crippen molar-refractivity contribution < 1.29 is 10.2 Å². The average molecular weight is 184 g/mol. The average Bonchev–Trinajstić information content (AvgIpc) is 2.23. The maximum absolute atomic E-state index is 11.4. The Morgan fingerprint density at radius 2 is 1.64 bits per heavy atom. The van der Waals surface area contributed by atoms with Crippen LogP contribution in [0, 0.1) is 0 Å². The van der Waals surface area contributed by atoms with Crippen molar-refractivity contribution in [3.8, 4) is 22.6 Å². The molecule has 2 aromatic carbocycles. The first-order valence-corrected chi connectivity index (χ1v) is 4.31. The van der Waals surface area contributed by atoms with Crippen LogP contribution in [0.4, 0.5) is 0 Å². The van der Waals surface area contributed by atoms with Crippen LogP contribution in [0.1, 0.15) is 0 Å². The summed E-state index contributed by atoms with van der Waals surface area (Å²) < 4.78 is 0. The van der Waals surface area contributed by atoms with Crippen LogP contribution in [-0.4, -0.2) is 0 Å². The van der Waals surface area contributed by atoms with E-state index in [4.69, 9.17) is 0 Å². The lowest BCUT2D eigenvalue weighted by atomic mass is 10.0. The van der Waals surface area contributed by atoms with Gasteiger partial charge in [0.1, 0.15) is 0 Å². The highest BCUT2D eigenvalue weighted by atomic mass is 16.3. The SMILES string of the molecule is [O]c1ccc([O-])cc1-c1ccccc1. The molecule has 2 nitrogen and oxygen atoms in total. The molecule has 2 aromatic rings. The molecule has 69 valence electrons. The summed E-state index contributed by atoms with van der Waals surface area (Å²) in [4.78, 5) is 0. The number of rotatable bonds is 1. The Morgan fingerprint density at radius 3 is 2.36 bits per heavy atom. The van der Waals surface area contributed by atoms with Crippen molar-refractivity contribution in [1.29, 1.82) is 0 Å². The van der Waals surface area contributed by atoms with E-state index in [1.165, 1.54) is 18.2 Å². The lowest BCUT2D eigenvalue weighted by molar-refractivity contribution is -0.268.